The molecule has 4 heterocycles. The Morgan fingerprint density at radius 3 is 2.60 bits per heavy atom. The van der Waals surface area contributed by atoms with E-state index in [4.69, 9.17) is 5.73 Å². The Kier molecular flexibility index (Phi) is 4.19. The van der Waals surface area contributed by atoms with E-state index in [1.54, 1.807) is 0 Å². The second-order valence-electron chi connectivity index (χ2n) is 6.92. The van der Waals surface area contributed by atoms with Gasteiger partial charge in [0.05, 0.1) is 23.1 Å². The van der Waals surface area contributed by atoms with Gasteiger partial charge in [0.2, 0.25) is 5.95 Å². The van der Waals surface area contributed by atoms with Gasteiger partial charge in [-0.2, -0.15) is 17.6 Å². The van der Waals surface area contributed by atoms with E-state index in [0.29, 0.717) is 9.42 Å². The van der Waals surface area contributed by atoms with Crippen LogP contribution in [-0.2, 0) is 5.41 Å². The van der Waals surface area contributed by atoms with Crippen molar-refractivity contribution in [3.8, 4) is 11.1 Å². The predicted octanol–water partition coefficient (Wildman–Crippen LogP) is 3.59. The summed E-state index contributed by atoms with van der Waals surface area (Å²) in [5.74, 6) is -1.22. The highest BCUT2D eigenvalue weighted by molar-refractivity contribution is 5.94. The minimum atomic E-state index is -4.84. The van der Waals surface area contributed by atoms with Crippen LogP contribution in [0.4, 0.5) is 36.8 Å². The quantitative estimate of drug-likeness (QED) is 0.630. The van der Waals surface area contributed by atoms with Crippen molar-refractivity contribution in [3.05, 3.63) is 41.9 Å². The van der Waals surface area contributed by atoms with Crippen molar-refractivity contribution in [1.82, 2.24) is 19.6 Å². The molecule has 3 aromatic heterocycles. The maximum Gasteiger partial charge on any atom is 0.401 e. The molecular formula is C17H12F6N6O. The number of fused-ring (bicyclic) bond motifs is 3. The van der Waals surface area contributed by atoms with Crippen LogP contribution in [-0.4, -0.2) is 38.3 Å². The van der Waals surface area contributed by atoms with Gasteiger partial charge in [0.1, 0.15) is 11.1 Å². The molecule has 0 aliphatic carbocycles. The van der Waals surface area contributed by atoms with E-state index in [9.17, 15) is 31.1 Å². The average Bonchev–Trinajstić information content (AvgIpc) is 3.16. The number of rotatable bonds is 2. The third-order valence-corrected chi connectivity index (χ3v) is 5.05. The fraction of sp³-hybridized carbons (Fsp3) is 0.294. The number of urea groups is 1. The summed E-state index contributed by atoms with van der Waals surface area (Å²) in [5.41, 5.74) is 0.336. The zero-order chi connectivity index (χ0) is 22.0. The SMILES string of the molecule is CC1(C(F)(F)F)CN(C(N)=O)c2cnc3c(-c4ccnc(C(F)F)c4)c(F)nn3c21. The second-order valence-corrected chi connectivity index (χ2v) is 6.92. The first-order chi connectivity index (χ1) is 14.0. The van der Waals surface area contributed by atoms with E-state index in [1.165, 1.54) is 6.07 Å². The van der Waals surface area contributed by atoms with E-state index < -0.39 is 47.9 Å². The molecule has 0 saturated carbocycles. The lowest BCUT2D eigenvalue weighted by molar-refractivity contribution is -0.181. The van der Waals surface area contributed by atoms with Crippen LogP contribution in [0.25, 0.3) is 16.8 Å². The molecule has 1 atom stereocenters. The molecule has 0 radical (unpaired) electrons. The summed E-state index contributed by atoms with van der Waals surface area (Å²) in [5, 5.41) is 3.54. The molecule has 2 amide bonds. The molecule has 0 fully saturated rings. The number of halogens is 6. The molecule has 13 heteroatoms. The van der Waals surface area contributed by atoms with Crippen LogP contribution in [0.3, 0.4) is 0 Å². The van der Waals surface area contributed by atoms with Gasteiger partial charge in [0.15, 0.2) is 5.65 Å². The maximum absolute atomic E-state index is 14.7. The predicted molar refractivity (Wildman–Crippen MR) is 91.5 cm³/mol. The summed E-state index contributed by atoms with van der Waals surface area (Å²) in [7, 11) is 0. The Bertz CT molecular complexity index is 1180. The standard InChI is InChI=1S/C17H12F6N6O/c1-16(17(21,22)23)6-28(15(24)30)9-5-26-14-10(13(20)27-29(14)11(9)16)7-2-3-25-8(4-7)12(18)19/h2-5,12H,6H2,1H3,(H2,24,30). The van der Waals surface area contributed by atoms with Gasteiger partial charge >= 0.3 is 12.2 Å². The zero-order valence-electron chi connectivity index (χ0n) is 15.1. The van der Waals surface area contributed by atoms with E-state index in [1.807, 2.05) is 0 Å². The lowest BCUT2D eigenvalue weighted by Gasteiger charge is -2.27. The number of pyridine rings is 1. The van der Waals surface area contributed by atoms with Crippen molar-refractivity contribution in [2.45, 2.75) is 24.9 Å². The number of aromatic nitrogens is 4. The topological polar surface area (TPSA) is 89.4 Å². The van der Waals surface area contributed by atoms with Crippen molar-refractivity contribution >= 4 is 17.4 Å². The van der Waals surface area contributed by atoms with Gasteiger partial charge in [0.25, 0.3) is 6.43 Å². The van der Waals surface area contributed by atoms with E-state index >= 15 is 0 Å². The molecule has 1 aliphatic rings. The third kappa shape index (κ3) is 2.68. The highest BCUT2D eigenvalue weighted by atomic mass is 19.4. The maximum atomic E-state index is 14.7. The van der Waals surface area contributed by atoms with Crippen molar-refractivity contribution in [3.63, 3.8) is 0 Å². The van der Waals surface area contributed by atoms with Crippen LogP contribution < -0.4 is 10.6 Å². The minimum Gasteiger partial charge on any atom is -0.351 e. The number of hydrogen-bond donors (Lipinski definition) is 1. The second kappa shape index (κ2) is 6.31. The van der Waals surface area contributed by atoms with E-state index in [2.05, 4.69) is 15.1 Å². The number of hydrogen-bond acceptors (Lipinski definition) is 4. The molecule has 0 bridgehead atoms. The van der Waals surface area contributed by atoms with E-state index in [0.717, 1.165) is 25.4 Å². The Hall–Kier alpha value is -3.38. The summed E-state index contributed by atoms with van der Waals surface area (Å²) >= 11 is 0. The number of alkyl halides is 5. The van der Waals surface area contributed by atoms with E-state index in [-0.39, 0.29) is 22.5 Å². The van der Waals surface area contributed by atoms with Gasteiger partial charge in [-0.05, 0) is 24.6 Å². The number of carbonyl (C=O) groups is 1. The molecule has 2 N–H and O–H groups in total. The summed E-state index contributed by atoms with van der Waals surface area (Å²) in [4.78, 5) is 19.8. The summed E-state index contributed by atoms with van der Waals surface area (Å²) in [6.07, 6.45) is -5.82. The van der Waals surface area contributed by atoms with Crippen LogP contribution in [0, 0.1) is 5.95 Å². The largest absolute Gasteiger partial charge is 0.401 e. The van der Waals surface area contributed by atoms with Crippen molar-refractivity contribution < 1.29 is 31.1 Å². The van der Waals surface area contributed by atoms with Crippen molar-refractivity contribution in [2.75, 3.05) is 11.4 Å². The summed E-state index contributed by atoms with van der Waals surface area (Å²) in [6.45, 7) is -0.0155. The molecule has 3 aromatic rings. The molecule has 30 heavy (non-hydrogen) atoms. The Morgan fingerprint density at radius 2 is 2.00 bits per heavy atom. The summed E-state index contributed by atoms with van der Waals surface area (Å²) in [6, 6.07) is 0.965. The van der Waals surface area contributed by atoms with Crippen LogP contribution in [0.15, 0.2) is 24.5 Å². The average molecular weight is 430 g/mol. The monoisotopic (exact) mass is 430 g/mol. The number of anilines is 1. The Morgan fingerprint density at radius 1 is 1.30 bits per heavy atom. The first-order valence-electron chi connectivity index (χ1n) is 8.41. The van der Waals surface area contributed by atoms with Gasteiger partial charge in [-0.25, -0.2) is 23.1 Å². The van der Waals surface area contributed by atoms with Crippen LogP contribution in [0.2, 0.25) is 0 Å². The van der Waals surface area contributed by atoms with Crippen molar-refractivity contribution in [2.24, 2.45) is 5.73 Å². The van der Waals surface area contributed by atoms with Crippen LogP contribution >= 0.6 is 0 Å². The van der Waals surface area contributed by atoms with Gasteiger partial charge in [-0.1, -0.05) is 0 Å². The van der Waals surface area contributed by atoms with Gasteiger partial charge in [0, 0.05) is 12.7 Å². The number of carbonyl (C=O) groups excluding carboxylic acids is 1. The normalized spacial score (nSPS) is 19.0. The highest BCUT2D eigenvalue weighted by Gasteiger charge is 2.60. The lowest BCUT2D eigenvalue weighted by atomic mass is 9.87. The third-order valence-electron chi connectivity index (χ3n) is 5.05. The van der Waals surface area contributed by atoms with Gasteiger partial charge in [-0.15, -0.1) is 5.10 Å². The molecule has 0 aromatic carbocycles. The first kappa shape index (κ1) is 19.9. The fourth-order valence-electron chi connectivity index (χ4n) is 3.53. The number of nitrogens with two attached hydrogens (primary N) is 1. The number of primary amides is 1. The fourth-order valence-corrected chi connectivity index (χ4v) is 3.53. The molecule has 0 spiro atoms. The Balaban J connectivity index is 2.03. The molecule has 1 aliphatic heterocycles. The molecular weight excluding hydrogens is 418 g/mol. The molecule has 0 saturated heterocycles. The lowest BCUT2D eigenvalue weighted by Crippen LogP contribution is -2.46. The smallest absolute Gasteiger partial charge is 0.351 e. The van der Waals surface area contributed by atoms with Gasteiger partial charge < -0.3 is 5.73 Å². The molecule has 158 valence electrons. The summed E-state index contributed by atoms with van der Waals surface area (Å²) < 4.78 is 83.1. The zero-order valence-corrected chi connectivity index (χ0v) is 15.1. The number of nitrogens with zero attached hydrogens (tertiary/aromatic N) is 5. The van der Waals surface area contributed by atoms with Crippen LogP contribution in [0.1, 0.15) is 24.7 Å². The molecule has 7 nitrogen and oxygen atoms in total. The molecule has 1 unspecified atom stereocenters. The Labute approximate surface area is 164 Å². The van der Waals surface area contributed by atoms with Gasteiger partial charge in [-0.3, -0.25) is 9.88 Å². The highest BCUT2D eigenvalue weighted by Crippen LogP contribution is 2.50. The number of amides is 2. The van der Waals surface area contributed by atoms with Crippen LogP contribution in [0.5, 0.6) is 0 Å². The minimum absolute atomic E-state index is 0.0845. The van der Waals surface area contributed by atoms with Crippen molar-refractivity contribution in [1.29, 1.82) is 0 Å². The molecule has 4 rings (SSSR count). The first-order valence-corrected chi connectivity index (χ1v) is 8.41.